The van der Waals surface area contributed by atoms with Crippen molar-refractivity contribution in [2.24, 2.45) is 0 Å². The van der Waals surface area contributed by atoms with Crippen LogP contribution in [0.4, 0.5) is 5.82 Å². The first-order valence-corrected chi connectivity index (χ1v) is 9.27. The van der Waals surface area contributed by atoms with Crippen molar-refractivity contribution in [1.82, 2.24) is 4.98 Å². The molecule has 0 aliphatic rings. The number of anilines is 1. The van der Waals surface area contributed by atoms with Crippen LogP contribution in [-0.2, 0) is 19.9 Å². The van der Waals surface area contributed by atoms with E-state index in [1.54, 1.807) is 6.07 Å². The highest BCUT2D eigenvalue weighted by Gasteiger charge is 2.14. The van der Waals surface area contributed by atoms with E-state index in [4.69, 9.17) is 0 Å². The summed E-state index contributed by atoms with van der Waals surface area (Å²) in [6.07, 6.45) is 2.50. The lowest BCUT2D eigenvalue weighted by atomic mass is 10.5. The van der Waals surface area contributed by atoms with E-state index in [2.05, 4.69) is 9.71 Å². The molecule has 0 bridgehead atoms. The molecular formula is C8H11IN2O4S2. The van der Waals surface area contributed by atoms with E-state index in [1.165, 1.54) is 12.3 Å². The average molecular weight is 390 g/mol. The van der Waals surface area contributed by atoms with Crippen molar-refractivity contribution in [3.8, 4) is 0 Å². The number of aromatic nitrogens is 1. The minimum Gasteiger partial charge on any atom is -0.267 e. The van der Waals surface area contributed by atoms with Gasteiger partial charge >= 0.3 is 0 Å². The number of pyridine rings is 1. The molecule has 0 saturated heterocycles. The van der Waals surface area contributed by atoms with Crippen LogP contribution >= 0.6 is 22.6 Å². The molecule has 1 heterocycles. The fraction of sp³-hybridized carbons (Fsp3) is 0.375. The molecule has 0 spiro atoms. The summed E-state index contributed by atoms with van der Waals surface area (Å²) in [4.78, 5) is 3.86. The van der Waals surface area contributed by atoms with Gasteiger partial charge in [0, 0.05) is 16.0 Å². The van der Waals surface area contributed by atoms with Gasteiger partial charge in [0.25, 0.3) is 0 Å². The van der Waals surface area contributed by atoms with Crippen LogP contribution in [-0.4, -0.2) is 39.6 Å². The summed E-state index contributed by atoms with van der Waals surface area (Å²) in [6, 6.07) is 3.21. The Bertz CT molecular complexity index is 580. The first kappa shape index (κ1) is 14.6. The van der Waals surface area contributed by atoms with E-state index in [0.29, 0.717) is 0 Å². The van der Waals surface area contributed by atoms with Crippen LogP contribution in [0.5, 0.6) is 0 Å². The maximum atomic E-state index is 11.5. The number of hydrogen-bond acceptors (Lipinski definition) is 5. The summed E-state index contributed by atoms with van der Waals surface area (Å²) >= 11 is 2.04. The Morgan fingerprint density at radius 1 is 1.24 bits per heavy atom. The molecule has 0 saturated carbocycles. The second kappa shape index (κ2) is 5.48. The van der Waals surface area contributed by atoms with Gasteiger partial charge in [-0.3, -0.25) is 4.72 Å². The fourth-order valence-electron chi connectivity index (χ4n) is 0.908. The van der Waals surface area contributed by atoms with Gasteiger partial charge in [-0.1, -0.05) is 0 Å². The van der Waals surface area contributed by atoms with Gasteiger partial charge in [-0.15, -0.1) is 0 Å². The molecule has 1 aromatic heterocycles. The van der Waals surface area contributed by atoms with Crippen molar-refractivity contribution in [2.45, 2.75) is 0 Å². The van der Waals surface area contributed by atoms with Crippen LogP contribution < -0.4 is 4.72 Å². The standard InChI is InChI=1S/C8H11IN2O4S2/c1-16(12,13)4-5-17(14,15)11-8-3-2-7(9)6-10-8/h2-3,6H,4-5H2,1H3,(H,10,11). The summed E-state index contributed by atoms with van der Waals surface area (Å²) in [5.74, 6) is -0.703. The van der Waals surface area contributed by atoms with Crippen molar-refractivity contribution in [1.29, 1.82) is 0 Å². The third kappa shape index (κ3) is 6.17. The molecule has 96 valence electrons. The largest absolute Gasteiger partial charge is 0.267 e. The van der Waals surface area contributed by atoms with E-state index in [1.807, 2.05) is 22.6 Å². The van der Waals surface area contributed by atoms with Gasteiger partial charge in [0.05, 0.1) is 11.5 Å². The number of nitrogens with one attached hydrogen (secondary N) is 1. The number of sulfonamides is 1. The lowest BCUT2D eigenvalue weighted by Crippen LogP contribution is -2.22. The van der Waals surface area contributed by atoms with Crippen molar-refractivity contribution < 1.29 is 16.8 Å². The van der Waals surface area contributed by atoms with Crippen LogP contribution in [0.25, 0.3) is 0 Å². The van der Waals surface area contributed by atoms with Gasteiger partial charge in [-0.25, -0.2) is 21.8 Å². The van der Waals surface area contributed by atoms with E-state index in [-0.39, 0.29) is 5.82 Å². The zero-order chi connectivity index (χ0) is 13.1. The third-order valence-corrected chi connectivity index (χ3v) is 4.81. The SMILES string of the molecule is CS(=O)(=O)CCS(=O)(=O)Nc1ccc(I)cn1. The molecule has 0 radical (unpaired) electrons. The Morgan fingerprint density at radius 3 is 2.35 bits per heavy atom. The topological polar surface area (TPSA) is 93.2 Å². The molecule has 6 nitrogen and oxygen atoms in total. The normalized spacial score (nSPS) is 12.4. The smallest absolute Gasteiger partial charge is 0.234 e. The molecule has 0 fully saturated rings. The predicted molar refractivity (Wildman–Crippen MR) is 74.1 cm³/mol. The lowest BCUT2D eigenvalue weighted by molar-refractivity contribution is 0.593. The first-order valence-electron chi connectivity index (χ1n) is 4.48. The van der Waals surface area contributed by atoms with Crippen molar-refractivity contribution in [3.63, 3.8) is 0 Å². The second-order valence-corrected chi connectivity index (χ2v) is 8.76. The molecule has 0 aliphatic heterocycles. The molecule has 0 atom stereocenters. The molecule has 1 N–H and O–H groups in total. The van der Waals surface area contributed by atoms with Crippen molar-refractivity contribution >= 4 is 48.3 Å². The number of sulfone groups is 1. The summed E-state index contributed by atoms with van der Waals surface area (Å²) in [5, 5.41) is 0. The monoisotopic (exact) mass is 390 g/mol. The van der Waals surface area contributed by atoms with E-state index >= 15 is 0 Å². The minimum absolute atomic E-state index is 0.180. The number of nitrogens with zero attached hydrogens (tertiary/aromatic N) is 1. The average Bonchev–Trinajstić information content (AvgIpc) is 2.18. The van der Waals surface area contributed by atoms with Crippen LogP contribution in [0.2, 0.25) is 0 Å². The molecule has 1 aromatic rings. The van der Waals surface area contributed by atoms with Gasteiger partial charge in [0.1, 0.15) is 15.7 Å². The molecule has 1 rings (SSSR count). The van der Waals surface area contributed by atoms with Gasteiger partial charge in [-0.05, 0) is 34.7 Å². The third-order valence-electron chi connectivity index (χ3n) is 1.71. The van der Waals surface area contributed by atoms with Crippen molar-refractivity contribution in [3.05, 3.63) is 21.9 Å². The summed E-state index contributed by atoms with van der Waals surface area (Å²) < 4.78 is 47.8. The summed E-state index contributed by atoms with van der Waals surface area (Å²) in [7, 11) is -6.97. The van der Waals surface area contributed by atoms with Gasteiger partial charge in [0.15, 0.2) is 0 Å². The Morgan fingerprint density at radius 2 is 1.88 bits per heavy atom. The van der Waals surface area contributed by atoms with E-state index in [0.717, 1.165) is 9.83 Å². The summed E-state index contributed by atoms with van der Waals surface area (Å²) in [5.41, 5.74) is 0. The highest BCUT2D eigenvalue weighted by Crippen LogP contribution is 2.09. The molecule has 0 amide bonds. The molecule has 17 heavy (non-hydrogen) atoms. The fourth-order valence-corrected chi connectivity index (χ4v) is 3.86. The van der Waals surface area contributed by atoms with Crippen LogP contribution in [0.15, 0.2) is 18.3 Å². The van der Waals surface area contributed by atoms with Gasteiger partial charge < -0.3 is 0 Å². The molecule has 0 unspecified atom stereocenters. The van der Waals surface area contributed by atoms with E-state index < -0.39 is 31.4 Å². The Balaban J connectivity index is 2.70. The summed E-state index contributed by atoms with van der Waals surface area (Å²) in [6.45, 7) is 0. The van der Waals surface area contributed by atoms with Crippen LogP contribution in [0.1, 0.15) is 0 Å². The van der Waals surface area contributed by atoms with Gasteiger partial charge in [-0.2, -0.15) is 0 Å². The van der Waals surface area contributed by atoms with Crippen molar-refractivity contribution in [2.75, 3.05) is 22.5 Å². The second-order valence-electron chi connectivity index (χ2n) is 3.41. The molecular weight excluding hydrogens is 379 g/mol. The first-order chi connectivity index (χ1) is 7.68. The van der Waals surface area contributed by atoms with E-state index in [9.17, 15) is 16.8 Å². The number of hydrogen-bond donors (Lipinski definition) is 1. The zero-order valence-corrected chi connectivity index (χ0v) is 12.7. The lowest BCUT2D eigenvalue weighted by Gasteiger charge is -2.06. The highest BCUT2D eigenvalue weighted by atomic mass is 127. The minimum atomic E-state index is -3.67. The predicted octanol–water partition coefficient (Wildman–Crippen LogP) is 0.472. The Hall–Kier alpha value is -0.420. The highest BCUT2D eigenvalue weighted by molar-refractivity contribution is 14.1. The maximum absolute atomic E-state index is 11.5. The van der Waals surface area contributed by atoms with Crippen LogP contribution in [0, 0.1) is 3.57 Å². The zero-order valence-electron chi connectivity index (χ0n) is 8.92. The van der Waals surface area contributed by atoms with Gasteiger partial charge in [0.2, 0.25) is 10.0 Å². The van der Waals surface area contributed by atoms with Crippen LogP contribution in [0.3, 0.4) is 0 Å². The maximum Gasteiger partial charge on any atom is 0.234 e. The Kier molecular flexibility index (Phi) is 4.72. The number of rotatable bonds is 5. The quantitative estimate of drug-likeness (QED) is 0.738. The number of halogens is 1. The molecule has 9 heteroatoms. The Labute approximate surface area is 114 Å². The molecule has 0 aliphatic carbocycles. The molecule has 0 aromatic carbocycles.